The first-order valence-corrected chi connectivity index (χ1v) is 5.80. The minimum absolute atomic E-state index is 0.0433. The maximum absolute atomic E-state index is 10.9. The molecule has 2 aromatic rings. The molecule has 0 aliphatic rings. The highest BCUT2D eigenvalue weighted by Crippen LogP contribution is 2.22. The fraction of sp³-hybridized carbons (Fsp3) is 0.300. The lowest BCUT2D eigenvalue weighted by Crippen LogP contribution is -2.05. The lowest BCUT2D eigenvalue weighted by atomic mass is 10.2. The summed E-state index contributed by atoms with van der Waals surface area (Å²) in [7, 11) is 0. The molecule has 17 heavy (non-hydrogen) atoms. The molecular formula is C10H11N3O3S. The van der Waals surface area contributed by atoms with Crippen LogP contribution in [0.1, 0.15) is 27.5 Å². The smallest absolute Gasteiger partial charge is 0.357 e. The summed E-state index contributed by atoms with van der Waals surface area (Å²) in [5.74, 6) is -0.302. The molecular weight excluding hydrogens is 242 g/mol. The Bertz CT molecular complexity index is 527. The molecule has 0 unspecified atom stereocenters. The van der Waals surface area contributed by atoms with Crippen molar-refractivity contribution in [2.75, 3.05) is 5.32 Å². The molecule has 2 rings (SSSR count). The zero-order chi connectivity index (χ0) is 12.4. The van der Waals surface area contributed by atoms with E-state index in [1.54, 1.807) is 0 Å². The molecule has 0 aromatic carbocycles. The standard InChI is InChI=1S/C10H11N3O3S/c1-5-7(6(2)16-13-5)3-11-9-8(10(14)15)12-4-17-9/h4,11H,3H2,1-2H3,(H,14,15). The Morgan fingerprint density at radius 1 is 1.59 bits per heavy atom. The number of aromatic nitrogens is 2. The van der Waals surface area contributed by atoms with Crippen LogP contribution in [0, 0.1) is 13.8 Å². The molecule has 6 nitrogen and oxygen atoms in total. The van der Waals surface area contributed by atoms with E-state index in [-0.39, 0.29) is 5.69 Å². The van der Waals surface area contributed by atoms with Gasteiger partial charge in [-0.05, 0) is 13.8 Å². The highest BCUT2D eigenvalue weighted by molar-refractivity contribution is 7.14. The van der Waals surface area contributed by atoms with Gasteiger partial charge in [-0.2, -0.15) is 0 Å². The van der Waals surface area contributed by atoms with Gasteiger partial charge < -0.3 is 14.9 Å². The second-order valence-corrected chi connectivity index (χ2v) is 4.35. The summed E-state index contributed by atoms with van der Waals surface area (Å²) in [5, 5.41) is 16.3. The van der Waals surface area contributed by atoms with Crippen LogP contribution >= 0.6 is 11.3 Å². The Morgan fingerprint density at radius 2 is 2.35 bits per heavy atom. The Hall–Kier alpha value is -1.89. The van der Waals surface area contributed by atoms with Crippen LogP contribution in [0.3, 0.4) is 0 Å². The fourth-order valence-electron chi connectivity index (χ4n) is 1.45. The van der Waals surface area contributed by atoms with Gasteiger partial charge >= 0.3 is 5.97 Å². The van der Waals surface area contributed by atoms with Crippen molar-refractivity contribution < 1.29 is 14.4 Å². The average molecular weight is 253 g/mol. The fourth-order valence-corrected chi connectivity index (χ4v) is 2.12. The van der Waals surface area contributed by atoms with E-state index in [1.807, 2.05) is 13.8 Å². The Labute approximate surface area is 101 Å². The summed E-state index contributed by atoms with van der Waals surface area (Å²) in [6.07, 6.45) is 0. The first-order valence-electron chi connectivity index (χ1n) is 4.92. The Kier molecular flexibility index (Phi) is 3.10. The van der Waals surface area contributed by atoms with Gasteiger partial charge in [0.15, 0.2) is 5.69 Å². The van der Waals surface area contributed by atoms with Crippen molar-refractivity contribution in [2.45, 2.75) is 20.4 Å². The monoisotopic (exact) mass is 253 g/mol. The van der Waals surface area contributed by atoms with Gasteiger partial charge in [-0.3, -0.25) is 0 Å². The highest BCUT2D eigenvalue weighted by atomic mass is 32.1. The molecule has 90 valence electrons. The van der Waals surface area contributed by atoms with Crippen LogP contribution < -0.4 is 5.32 Å². The normalized spacial score (nSPS) is 10.5. The maximum Gasteiger partial charge on any atom is 0.357 e. The van der Waals surface area contributed by atoms with Gasteiger partial charge in [-0.25, -0.2) is 9.78 Å². The van der Waals surface area contributed by atoms with Crippen molar-refractivity contribution in [3.63, 3.8) is 0 Å². The van der Waals surface area contributed by atoms with Crippen LogP contribution in [0.2, 0.25) is 0 Å². The minimum atomic E-state index is -1.03. The molecule has 0 radical (unpaired) electrons. The second-order valence-electron chi connectivity index (χ2n) is 3.49. The summed E-state index contributed by atoms with van der Waals surface area (Å²) in [6, 6.07) is 0. The molecule has 0 amide bonds. The van der Waals surface area contributed by atoms with E-state index in [0.29, 0.717) is 11.5 Å². The number of carbonyl (C=O) groups is 1. The van der Waals surface area contributed by atoms with Crippen molar-refractivity contribution >= 4 is 22.3 Å². The van der Waals surface area contributed by atoms with Crippen LogP contribution in [0.5, 0.6) is 0 Å². The van der Waals surface area contributed by atoms with Crippen molar-refractivity contribution in [1.29, 1.82) is 0 Å². The van der Waals surface area contributed by atoms with Gasteiger partial charge in [0.2, 0.25) is 0 Å². The van der Waals surface area contributed by atoms with E-state index in [4.69, 9.17) is 9.63 Å². The molecule has 0 bridgehead atoms. The van der Waals surface area contributed by atoms with Crippen molar-refractivity contribution in [3.05, 3.63) is 28.2 Å². The van der Waals surface area contributed by atoms with Crippen LogP contribution in [0.4, 0.5) is 5.00 Å². The van der Waals surface area contributed by atoms with E-state index in [9.17, 15) is 4.79 Å². The predicted octanol–water partition coefficient (Wildman–Crippen LogP) is 2.06. The number of aromatic carboxylic acids is 1. The average Bonchev–Trinajstić information content (AvgIpc) is 2.85. The van der Waals surface area contributed by atoms with Crippen molar-refractivity contribution in [2.24, 2.45) is 0 Å². The molecule has 0 aliphatic carbocycles. The number of nitrogens with one attached hydrogen (secondary N) is 1. The van der Waals surface area contributed by atoms with E-state index < -0.39 is 5.97 Å². The summed E-state index contributed by atoms with van der Waals surface area (Å²) in [4.78, 5) is 14.6. The Morgan fingerprint density at radius 3 is 2.94 bits per heavy atom. The largest absolute Gasteiger partial charge is 0.476 e. The van der Waals surface area contributed by atoms with Crippen molar-refractivity contribution in [1.82, 2.24) is 10.1 Å². The van der Waals surface area contributed by atoms with Crippen LogP contribution in [0.25, 0.3) is 0 Å². The molecule has 0 aliphatic heterocycles. The van der Waals surface area contributed by atoms with Gasteiger partial charge in [0, 0.05) is 12.1 Å². The molecule has 0 saturated heterocycles. The van der Waals surface area contributed by atoms with E-state index in [1.165, 1.54) is 16.8 Å². The number of rotatable bonds is 4. The van der Waals surface area contributed by atoms with E-state index in [0.717, 1.165) is 17.0 Å². The van der Waals surface area contributed by atoms with Crippen LogP contribution in [-0.4, -0.2) is 21.2 Å². The highest BCUT2D eigenvalue weighted by Gasteiger charge is 2.15. The number of thiazole rings is 1. The number of aryl methyl sites for hydroxylation is 2. The van der Waals surface area contributed by atoms with Crippen LogP contribution in [0.15, 0.2) is 10.0 Å². The van der Waals surface area contributed by atoms with Gasteiger partial charge in [0.1, 0.15) is 10.8 Å². The maximum atomic E-state index is 10.9. The molecule has 2 heterocycles. The molecule has 2 N–H and O–H groups in total. The molecule has 0 saturated carbocycles. The summed E-state index contributed by atoms with van der Waals surface area (Å²) in [6.45, 7) is 4.14. The zero-order valence-electron chi connectivity index (χ0n) is 9.35. The number of nitrogens with zero attached hydrogens (tertiary/aromatic N) is 2. The second kappa shape index (κ2) is 4.54. The molecule has 0 fully saturated rings. The number of hydrogen-bond acceptors (Lipinski definition) is 6. The number of hydrogen-bond donors (Lipinski definition) is 2. The first-order chi connectivity index (χ1) is 8.09. The lowest BCUT2D eigenvalue weighted by Gasteiger charge is -2.03. The SMILES string of the molecule is Cc1noc(C)c1CNc1scnc1C(=O)O. The predicted molar refractivity (Wildman–Crippen MR) is 62.4 cm³/mol. The molecule has 7 heteroatoms. The molecule has 0 atom stereocenters. The van der Waals surface area contributed by atoms with Crippen molar-refractivity contribution in [3.8, 4) is 0 Å². The third kappa shape index (κ3) is 2.28. The topological polar surface area (TPSA) is 88.3 Å². The Balaban J connectivity index is 2.13. The third-order valence-corrected chi connectivity index (χ3v) is 3.16. The summed E-state index contributed by atoms with van der Waals surface area (Å²) in [5.41, 5.74) is 3.28. The molecule has 2 aromatic heterocycles. The number of carboxylic acid groups (broad SMARTS) is 1. The minimum Gasteiger partial charge on any atom is -0.476 e. The summed E-state index contributed by atoms with van der Waals surface area (Å²) >= 11 is 1.26. The van der Waals surface area contributed by atoms with E-state index >= 15 is 0 Å². The zero-order valence-corrected chi connectivity index (χ0v) is 10.2. The third-order valence-electron chi connectivity index (χ3n) is 2.38. The first kappa shape index (κ1) is 11.6. The quantitative estimate of drug-likeness (QED) is 0.867. The lowest BCUT2D eigenvalue weighted by molar-refractivity contribution is 0.0692. The van der Waals surface area contributed by atoms with Gasteiger partial charge in [0.05, 0.1) is 11.2 Å². The molecule has 0 spiro atoms. The van der Waals surface area contributed by atoms with Gasteiger partial charge in [-0.1, -0.05) is 5.16 Å². The van der Waals surface area contributed by atoms with Gasteiger partial charge in [0.25, 0.3) is 0 Å². The van der Waals surface area contributed by atoms with E-state index in [2.05, 4.69) is 15.5 Å². The summed E-state index contributed by atoms with van der Waals surface area (Å²) < 4.78 is 5.02. The number of carboxylic acids is 1. The van der Waals surface area contributed by atoms with Gasteiger partial charge in [-0.15, -0.1) is 11.3 Å². The number of anilines is 1. The van der Waals surface area contributed by atoms with Crippen LogP contribution in [-0.2, 0) is 6.54 Å².